The van der Waals surface area contributed by atoms with E-state index in [1.165, 1.54) is 0 Å². The number of anilines is 2. The average Bonchev–Trinajstić information content (AvgIpc) is 2.67. The SMILES string of the molecule is Cc1cc(N[C@H](C)c2nc3cccc(Cl)c3c(=O)n2-c2ccccc2)nc(N)n1. The van der Waals surface area contributed by atoms with Crippen molar-refractivity contribution in [2.75, 3.05) is 11.1 Å². The number of para-hydroxylation sites is 1. The van der Waals surface area contributed by atoms with E-state index in [1.807, 2.05) is 44.2 Å². The molecule has 4 rings (SSSR count). The first kappa shape index (κ1) is 18.9. The van der Waals surface area contributed by atoms with Crippen LogP contribution in [-0.4, -0.2) is 19.5 Å². The molecule has 0 bridgehead atoms. The standard InChI is InChI=1S/C21H19ClN6O/c1-12-11-17(27-21(23)24-12)25-13(2)19-26-16-10-6-9-15(22)18(16)20(29)28(19)14-7-4-3-5-8-14/h3-11,13H,1-2H3,(H3,23,24,25,27)/t13-/m1/s1. The van der Waals surface area contributed by atoms with Crippen molar-refractivity contribution in [1.29, 1.82) is 0 Å². The van der Waals surface area contributed by atoms with E-state index in [2.05, 4.69) is 15.3 Å². The zero-order valence-corrected chi connectivity index (χ0v) is 16.7. The molecular formula is C21H19ClN6O. The summed E-state index contributed by atoms with van der Waals surface area (Å²) in [5.41, 5.74) is 7.52. The normalized spacial score (nSPS) is 12.1. The second-order valence-corrected chi connectivity index (χ2v) is 7.11. The molecule has 0 unspecified atom stereocenters. The van der Waals surface area contributed by atoms with Gasteiger partial charge in [0.1, 0.15) is 11.6 Å². The van der Waals surface area contributed by atoms with Crippen molar-refractivity contribution in [3.8, 4) is 5.69 Å². The third-order valence-electron chi connectivity index (χ3n) is 4.51. The fraction of sp³-hybridized carbons (Fsp3) is 0.143. The monoisotopic (exact) mass is 406 g/mol. The van der Waals surface area contributed by atoms with Gasteiger partial charge in [0.15, 0.2) is 0 Å². The quantitative estimate of drug-likeness (QED) is 0.533. The minimum atomic E-state index is -0.347. The van der Waals surface area contributed by atoms with Crippen LogP contribution in [0.4, 0.5) is 11.8 Å². The fourth-order valence-electron chi connectivity index (χ4n) is 3.28. The van der Waals surface area contributed by atoms with E-state index in [-0.39, 0.29) is 17.5 Å². The summed E-state index contributed by atoms with van der Waals surface area (Å²) >= 11 is 6.32. The number of hydrogen-bond donors (Lipinski definition) is 2. The predicted octanol–water partition coefficient (Wildman–Crippen LogP) is 3.89. The Hall–Kier alpha value is -3.45. The van der Waals surface area contributed by atoms with Crippen molar-refractivity contribution < 1.29 is 0 Å². The highest BCUT2D eigenvalue weighted by molar-refractivity contribution is 6.35. The molecule has 8 heteroatoms. The molecule has 1 atom stereocenters. The molecule has 2 heterocycles. The van der Waals surface area contributed by atoms with Crippen molar-refractivity contribution in [2.45, 2.75) is 19.9 Å². The topological polar surface area (TPSA) is 98.7 Å². The van der Waals surface area contributed by atoms with Crippen LogP contribution in [0.3, 0.4) is 0 Å². The molecule has 2 aromatic heterocycles. The zero-order valence-electron chi connectivity index (χ0n) is 15.9. The molecule has 146 valence electrons. The molecule has 4 aromatic rings. The molecule has 29 heavy (non-hydrogen) atoms. The lowest BCUT2D eigenvalue weighted by atomic mass is 10.2. The van der Waals surface area contributed by atoms with Gasteiger partial charge in [-0.2, -0.15) is 4.98 Å². The number of nitrogens with one attached hydrogen (secondary N) is 1. The molecule has 0 radical (unpaired) electrons. The van der Waals surface area contributed by atoms with Gasteiger partial charge in [-0.05, 0) is 38.1 Å². The summed E-state index contributed by atoms with van der Waals surface area (Å²) in [5.74, 6) is 1.27. The van der Waals surface area contributed by atoms with Gasteiger partial charge in [-0.15, -0.1) is 0 Å². The number of nitrogens with zero attached hydrogens (tertiary/aromatic N) is 4. The molecular weight excluding hydrogens is 388 g/mol. The average molecular weight is 407 g/mol. The summed E-state index contributed by atoms with van der Waals surface area (Å²) < 4.78 is 1.57. The lowest BCUT2D eigenvalue weighted by Gasteiger charge is -2.20. The van der Waals surface area contributed by atoms with Crippen LogP contribution in [0.5, 0.6) is 0 Å². The van der Waals surface area contributed by atoms with Crippen molar-refractivity contribution in [3.63, 3.8) is 0 Å². The summed E-state index contributed by atoms with van der Waals surface area (Å²) in [6.07, 6.45) is 0. The minimum Gasteiger partial charge on any atom is -0.368 e. The van der Waals surface area contributed by atoms with Crippen LogP contribution in [0.15, 0.2) is 59.4 Å². The number of nitrogens with two attached hydrogens (primary N) is 1. The third kappa shape index (κ3) is 3.64. The van der Waals surface area contributed by atoms with Crippen molar-refractivity contribution in [2.24, 2.45) is 0 Å². The van der Waals surface area contributed by atoms with E-state index in [9.17, 15) is 4.79 Å². The van der Waals surface area contributed by atoms with Crippen molar-refractivity contribution in [1.82, 2.24) is 19.5 Å². The van der Waals surface area contributed by atoms with Crippen LogP contribution in [0.25, 0.3) is 16.6 Å². The number of halogens is 1. The van der Waals surface area contributed by atoms with Crippen LogP contribution in [0.1, 0.15) is 24.5 Å². The van der Waals surface area contributed by atoms with Gasteiger partial charge >= 0.3 is 0 Å². The molecule has 7 nitrogen and oxygen atoms in total. The van der Waals surface area contributed by atoms with Gasteiger partial charge < -0.3 is 11.1 Å². The summed E-state index contributed by atoms with van der Waals surface area (Å²) in [7, 11) is 0. The van der Waals surface area contributed by atoms with Crippen LogP contribution >= 0.6 is 11.6 Å². The Kier molecular flexibility index (Phi) is 4.90. The Morgan fingerprint density at radius 1 is 1.07 bits per heavy atom. The van der Waals surface area contributed by atoms with Crippen molar-refractivity contribution in [3.05, 3.63) is 81.5 Å². The van der Waals surface area contributed by atoms with Gasteiger partial charge in [-0.3, -0.25) is 9.36 Å². The molecule has 0 fully saturated rings. The van der Waals surface area contributed by atoms with E-state index in [0.717, 1.165) is 5.69 Å². The van der Waals surface area contributed by atoms with E-state index in [1.54, 1.807) is 28.8 Å². The largest absolute Gasteiger partial charge is 0.368 e. The van der Waals surface area contributed by atoms with E-state index < -0.39 is 0 Å². The van der Waals surface area contributed by atoms with Crippen LogP contribution in [0.2, 0.25) is 5.02 Å². The molecule has 0 aliphatic carbocycles. The lowest BCUT2D eigenvalue weighted by molar-refractivity contribution is 0.731. The highest BCUT2D eigenvalue weighted by Crippen LogP contribution is 2.24. The van der Waals surface area contributed by atoms with Crippen LogP contribution in [0, 0.1) is 6.92 Å². The Morgan fingerprint density at radius 3 is 2.55 bits per heavy atom. The highest BCUT2D eigenvalue weighted by atomic mass is 35.5. The summed E-state index contributed by atoms with van der Waals surface area (Å²) in [6, 6.07) is 16.0. The second kappa shape index (κ2) is 7.52. The molecule has 0 aliphatic rings. The molecule has 0 spiro atoms. The molecule has 0 amide bonds. The number of aromatic nitrogens is 4. The van der Waals surface area contributed by atoms with Gasteiger partial charge in [-0.25, -0.2) is 9.97 Å². The maximum Gasteiger partial charge on any atom is 0.267 e. The number of rotatable bonds is 4. The maximum atomic E-state index is 13.4. The highest BCUT2D eigenvalue weighted by Gasteiger charge is 2.19. The first-order valence-electron chi connectivity index (χ1n) is 9.08. The molecule has 0 saturated carbocycles. The van der Waals surface area contributed by atoms with Gasteiger partial charge in [0, 0.05) is 11.8 Å². The van der Waals surface area contributed by atoms with Gasteiger partial charge in [0.05, 0.1) is 27.7 Å². The van der Waals surface area contributed by atoms with Gasteiger partial charge in [0.2, 0.25) is 5.95 Å². The maximum absolute atomic E-state index is 13.4. The number of hydrogen-bond acceptors (Lipinski definition) is 6. The smallest absolute Gasteiger partial charge is 0.267 e. The van der Waals surface area contributed by atoms with Crippen molar-refractivity contribution >= 4 is 34.3 Å². The van der Waals surface area contributed by atoms with E-state index >= 15 is 0 Å². The summed E-state index contributed by atoms with van der Waals surface area (Å²) in [5, 5.41) is 4.03. The summed E-state index contributed by atoms with van der Waals surface area (Å²) in [4.78, 5) is 26.5. The lowest BCUT2D eigenvalue weighted by Crippen LogP contribution is -2.27. The zero-order chi connectivity index (χ0) is 20.5. The molecule has 3 N–H and O–H groups in total. The predicted molar refractivity (Wildman–Crippen MR) is 116 cm³/mol. The van der Waals surface area contributed by atoms with E-state index in [4.69, 9.17) is 22.3 Å². The number of fused-ring (bicyclic) bond motifs is 1. The second-order valence-electron chi connectivity index (χ2n) is 6.70. The first-order chi connectivity index (χ1) is 13.9. The van der Waals surface area contributed by atoms with Gasteiger partial charge in [-0.1, -0.05) is 35.9 Å². The Bertz CT molecular complexity index is 1240. The third-order valence-corrected chi connectivity index (χ3v) is 4.83. The Balaban J connectivity index is 1.91. The summed E-state index contributed by atoms with van der Waals surface area (Å²) in [6.45, 7) is 3.75. The number of benzene rings is 2. The first-order valence-corrected chi connectivity index (χ1v) is 9.46. The molecule has 2 aromatic carbocycles. The fourth-order valence-corrected chi connectivity index (χ4v) is 3.53. The van der Waals surface area contributed by atoms with E-state index in [0.29, 0.717) is 33.3 Å². The molecule has 0 saturated heterocycles. The Morgan fingerprint density at radius 2 is 1.83 bits per heavy atom. The number of nitrogen functional groups attached to an aromatic ring is 1. The Labute approximate surface area is 172 Å². The molecule has 0 aliphatic heterocycles. The van der Waals surface area contributed by atoms with Crippen LogP contribution in [-0.2, 0) is 0 Å². The van der Waals surface area contributed by atoms with Gasteiger partial charge in [0.25, 0.3) is 5.56 Å². The minimum absolute atomic E-state index is 0.179. The van der Waals surface area contributed by atoms with Crippen LogP contribution < -0.4 is 16.6 Å². The number of aryl methyl sites for hydroxylation is 1.